The van der Waals surface area contributed by atoms with E-state index < -0.39 is 10.5 Å². The van der Waals surface area contributed by atoms with Gasteiger partial charge in [-0.1, -0.05) is 0 Å². The van der Waals surface area contributed by atoms with Crippen LogP contribution in [0, 0.1) is 10.1 Å². The van der Waals surface area contributed by atoms with Gasteiger partial charge in [0.25, 0.3) is 5.69 Å². The summed E-state index contributed by atoms with van der Waals surface area (Å²) >= 11 is 0. The summed E-state index contributed by atoms with van der Waals surface area (Å²) < 4.78 is 5.38. The minimum Gasteiger partial charge on any atom is -0.444 e. The van der Waals surface area contributed by atoms with Crippen LogP contribution in [0.15, 0.2) is 18.5 Å². The first-order chi connectivity index (χ1) is 10.8. The molecule has 1 aliphatic heterocycles. The largest absolute Gasteiger partial charge is 0.444 e. The molecule has 1 atom stereocenters. The zero-order valence-electron chi connectivity index (χ0n) is 13.6. The number of nitro groups is 1. The van der Waals surface area contributed by atoms with E-state index in [1.54, 1.807) is 4.90 Å². The molecule has 2 rings (SSSR count). The Kier molecular flexibility index (Phi) is 5.02. The average molecular weight is 322 g/mol. The lowest BCUT2D eigenvalue weighted by Crippen LogP contribution is -2.47. The van der Waals surface area contributed by atoms with E-state index in [0.29, 0.717) is 18.8 Å². The van der Waals surface area contributed by atoms with Crippen LogP contribution in [0.1, 0.15) is 33.6 Å². The number of rotatable bonds is 3. The highest BCUT2D eigenvalue weighted by Gasteiger charge is 2.28. The molecular formula is C15H22N4O4. The van der Waals surface area contributed by atoms with Crippen LogP contribution in [0.25, 0.3) is 0 Å². The van der Waals surface area contributed by atoms with Gasteiger partial charge >= 0.3 is 6.09 Å². The maximum absolute atomic E-state index is 12.1. The van der Waals surface area contributed by atoms with Crippen molar-refractivity contribution in [3.05, 3.63) is 28.6 Å². The van der Waals surface area contributed by atoms with Crippen LogP contribution in [0.2, 0.25) is 0 Å². The first-order valence-electron chi connectivity index (χ1n) is 7.59. The molecule has 8 nitrogen and oxygen atoms in total. The number of nitrogens with one attached hydrogen (secondary N) is 1. The van der Waals surface area contributed by atoms with Gasteiger partial charge in [0, 0.05) is 31.4 Å². The molecule has 1 fully saturated rings. The van der Waals surface area contributed by atoms with E-state index in [1.807, 2.05) is 20.8 Å². The van der Waals surface area contributed by atoms with Crippen LogP contribution >= 0.6 is 0 Å². The van der Waals surface area contributed by atoms with Gasteiger partial charge in [-0.25, -0.2) is 4.79 Å². The lowest BCUT2D eigenvalue weighted by atomic mass is 10.1. The monoisotopic (exact) mass is 322 g/mol. The first kappa shape index (κ1) is 17.0. The van der Waals surface area contributed by atoms with Gasteiger partial charge in [-0.15, -0.1) is 0 Å². The van der Waals surface area contributed by atoms with Gasteiger partial charge in [0.05, 0.1) is 11.1 Å². The SMILES string of the molecule is CC(C)(C)OC(=O)N1CCCC(Nc2cnccc2[N+](=O)[O-])C1. The number of ether oxygens (including phenoxy) is 1. The third kappa shape index (κ3) is 4.80. The Balaban J connectivity index is 2.02. The van der Waals surface area contributed by atoms with Crippen LogP contribution in [-0.2, 0) is 4.74 Å². The zero-order valence-corrected chi connectivity index (χ0v) is 13.6. The van der Waals surface area contributed by atoms with Gasteiger partial charge in [-0.3, -0.25) is 15.1 Å². The number of carbonyl (C=O) groups is 1. The topological polar surface area (TPSA) is 97.6 Å². The van der Waals surface area contributed by atoms with Crippen molar-refractivity contribution in [1.29, 1.82) is 0 Å². The summed E-state index contributed by atoms with van der Waals surface area (Å²) in [5.74, 6) is 0. The number of aromatic nitrogens is 1. The van der Waals surface area contributed by atoms with Crippen molar-refractivity contribution in [2.75, 3.05) is 18.4 Å². The quantitative estimate of drug-likeness (QED) is 0.679. The lowest BCUT2D eigenvalue weighted by molar-refractivity contribution is -0.384. The Hall–Kier alpha value is -2.38. The molecule has 0 spiro atoms. The number of nitrogens with zero attached hydrogens (tertiary/aromatic N) is 3. The Morgan fingerprint density at radius 3 is 2.91 bits per heavy atom. The molecule has 1 amide bonds. The zero-order chi connectivity index (χ0) is 17.0. The van der Waals surface area contributed by atoms with E-state index >= 15 is 0 Å². The van der Waals surface area contributed by atoms with Gasteiger partial charge < -0.3 is 15.0 Å². The van der Waals surface area contributed by atoms with Crippen LogP contribution in [-0.4, -0.2) is 45.6 Å². The predicted molar refractivity (Wildman–Crippen MR) is 85.3 cm³/mol. The second kappa shape index (κ2) is 6.80. The third-order valence-corrected chi connectivity index (χ3v) is 3.43. The van der Waals surface area contributed by atoms with Crippen LogP contribution in [0.4, 0.5) is 16.2 Å². The third-order valence-electron chi connectivity index (χ3n) is 3.43. The molecule has 8 heteroatoms. The highest BCUT2D eigenvalue weighted by molar-refractivity contribution is 5.68. The minimum atomic E-state index is -0.542. The van der Waals surface area contributed by atoms with E-state index in [4.69, 9.17) is 4.74 Å². The fourth-order valence-electron chi connectivity index (χ4n) is 2.46. The standard InChI is InChI=1S/C15H22N4O4/c1-15(2,3)23-14(20)18-8-4-5-11(10-18)17-12-9-16-7-6-13(12)19(21)22/h6-7,9,11,17H,4-5,8,10H2,1-3H3. The van der Waals surface area contributed by atoms with Crippen molar-refractivity contribution in [3.8, 4) is 0 Å². The fraction of sp³-hybridized carbons (Fsp3) is 0.600. The summed E-state index contributed by atoms with van der Waals surface area (Å²) in [6.07, 6.45) is 4.10. The molecule has 23 heavy (non-hydrogen) atoms. The number of pyridine rings is 1. The number of likely N-dealkylation sites (tertiary alicyclic amines) is 1. The number of anilines is 1. The molecule has 1 aromatic rings. The predicted octanol–water partition coefficient (Wildman–Crippen LogP) is 2.80. The molecule has 1 aliphatic rings. The first-order valence-corrected chi connectivity index (χ1v) is 7.59. The Morgan fingerprint density at radius 1 is 1.52 bits per heavy atom. The van der Waals surface area contributed by atoms with Crippen molar-refractivity contribution in [2.24, 2.45) is 0 Å². The van der Waals surface area contributed by atoms with Crippen molar-refractivity contribution in [1.82, 2.24) is 9.88 Å². The average Bonchev–Trinajstić information content (AvgIpc) is 2.46. The molecule has 0 aromatic carbocycles. The smallest absolute Gasteiger partial charge is 0.410 e. The van der Waals surface area contributed by atoms with E-state index in [0.717, 1.165) is 12.8 Å². The molecule has 1 unspecified atom stereocenters. The number of hydrogen-bond donors (Lipinski definition) is 1. The van der Waals surface area contributed by atoms with Crippen molar-refractivity contribution in [3.63, 3.8) is 0 Å². The summed E-state index contributed by atoms with van der Waals surface area (Å²) in [6.45, 7) is 6.54. The van der Waals surface area contributed by atoms with Gasteiger partial charge in [0.15, 0.2) is 0 Å². The highest BCUT2D eigenvalue weighted by Crippen LogP contribution is 2.25. The van der Waals surface area contributed by atoms with Gasteiger partial charge in [0.1, 0.15) is 11.3 Å². The fourth-order valence-corrected chi connectivity index (χ4v) is 2.46. The highest BCUT2D eigenvalue weighted by atomic mass is 16.6. The second-order valence-corrected chi connectivity index (χ2v) is 6.56. The number of hydrogen-bond acceptors (Lipinski definition) is 6. The summed E-state index contributed by atoms with van der Waals surface area (Å²) in [4.78, 5) is 28.3. The van der Waals surface area contributed by atoms with Gasteiger partial charge in [-0.05, 0) is 33.6 Å². The van der Waals surface area contributed by atoms with E-state index in [2.05, 4.69) is 10.3 Å². The molecule has 0 bridgehead atoms. The Morgan fingerprint density at radius 2 is 2.26 bits per heavy atom. The molecular weight excluding hydrogens is 300 g/mol. The molecule has 126 valence electrons. The minimum absolute atomic E-state index is 0.0191. The summed E-state index contributed by atoms with van der Waals surface area (Å²) in [6, 6.07) is 1.29. The van der Waals surface area contributed by atoms with E-state index in [-0.39, 0.29) is 17.8 Å². The second-order valence-electron chi connectivity index (χ2n) is 6.56. The molecule has 0 aliphatic carbocycles. The molecule has 0 radical (unpaired) electrons. The van der Waals surface area contributed by atoms with Crippen LogP contribution < -0.4 is 5.32 Å². The molecule has 1 aromatic heterocycles. The van der Waals surface area contributed by atoms with Crippen LogP contribution in [0.3, 0.4) is 0 Å². The Labute approximate surface area is 135 Å². The van der Waals surface area contributed by atoms with E-state index in [1.165, 1.54) is 18.5 Å². The summed E-state index contributed by atoms with van der Waals surface area (Å²) in [5, 5.41) is 14.2. The van der Waals surface area contributed by atoms with Crippen molar-refractivity contribution >= 4 is 17.5 Å². The summed E-state index contributed by atoms with van der Waals surface area (Å²) in [7, 11) is 0. The maximum Gasteiger partial charge on any atom is 0.410 e. The molecule has 1 N–H and O–H groups in total. The molecule has 2 heterocycles. The van der Waals surface area contributed by atoms with Crippen molar-refractivity contribution < 1.29 is 14.5 Å². The number of piperidine rings is 1. The molecule has 0 saturated carbocycles. The summed E-state index contributed by atoms with van der Waals surface area (Å²) in [5.41, 5.74) is -0.192. The normalized spacial score (nSPS) is 18.4. The number of amides is 1. The lowest BCUT2D eigenvalue weighted by Gasteiger charge is -2.34. The Bertz CT molecular complexity index is 585. The van der Waals surface area contributed by atoms with Gasteiger partial charge in [0.2, 0.25) is 0 Å². The van der Waals surface area contributed by atoms with E-state index in [9.17, 15) is 14.9 Å². The maximum atomic E-state index is 12.1. The van der Waals surface area contributed by atoms with Crippen molar-refractivity contribution in [2.45, 2.75) is 45.3 Å². The van der Waals surface area contributed by atoms with Crippen LogP contribution in [0.5, 0.6) is 0 Å². The van der Waals surface area contributed by atoms with Gasteiger partial charge in [-0.2, -0.15) is 0 Å². The number of carbonyl (C=O) groups excluding carboxylic acids is 1. The molecule has 1 saturated heterocycles.